The summed E-state index contributed by atoms with van der Waals surface area (Å²) in [5.41, 5.74) is 0.446. The molecule has 26 heavy (non-hydrogen) atoms. The van der Waals surface area contributed by atoms with Crippen molar-refractivity contribution < 1.29 is 27.5 Å². The number of carbonyl (C=O) groups is 2. The number of rotatable bonds is 6. The standard InChI is InChI=1S/C17H24N2O6S/c1-12(20)19(15-6-5-14(24-3)9-16(15)25-4)10-17(21)18(2)13-7-8-26(22,23)11-13/h5-6,9,13H,7-8,10-11H2,1-4H3. The Hall–Kier alpha value is -2.29. The summed E-state index contributed by atoms with van der Waals surface area (Å²) in [6.45, 7) is 1.15. The van der Waals surface area contributed by atoms with Crippen LogP contribution in [0.2, 0.25) is 0 Å². The fourth-order valence-corrected chi connectivity index (χ4v) is 4.68. The fraction of sp³-hybridized carbons (Fsp3) is 0.529. The third kappa shape index (κ3) is 4.46. The molecule has 1 aliphatic rings. The van der Waals surface area contributed by atoms with Crippen LogP contribution in [-0.2, 0) is 19.4 Å². The number of ether oxygens (including phenoxy) is 2. The van der Waals surface area contributed by atoms with Crippen molar-refractivity contribution >= 4 is 27.3 Å². The monoisotopic (exact) mass is 384 g/mol. The average molecular weight is 384 g/mol. The molecule has 1 saturated heterocycles. The summed E-state index contributed by atoms with van der Waals surface area (Å²) < 4.78 is 33.7. The fourth-order valence-electron chi connectivity index (χ4n) is 2.91. The molecule has 0 N–H and O–H groups in total. The lowest BCUT2D eigenvalue weighted by Crippen LogP contribution is -2.45. The van der Waals surface area contributed by atoms with Crippen molar-refractivity contribution in [2.45, 2.75) is 19.4 Å². The van der Waals surface area contributed by atoms with Gasteiger partial charge in [0.05, 0.1) is 31.4 Å². The second-order valence-corrected chi connectivity index (χ2v) is 8.43. The molecule has 2 amide bonds. The second kappa shape index (κ2) is 7.94. The van der Waals surface area contributed by atoms with Gasteiger partial charge in [-0.3, -0.25) is 14.5 Å². The highest BCUT2D eigenvalue weighted by Gasteiger charge is 2.33. The van der Waals surface area contributed by atoms with Crippen LogP contribution in [0.1, 0.15) is 13.3 Å². The van der Waals surface area contributed by atoms with E-state index in [4.69, 9.17) is 9.47 Å². The number of likely N-dealkylation sites (N-methyl/N-ethyl adjacent to an activating group) is 1. The molecule has 0 radical (unpaired) electrons. The van der Waals surface area contributed by atoms with E-state index in [2.05, 4.69) is 0 Å². The van der Waals surface area contributed by atoms with E-state index in [1.165, 1.54) is 30.9 Å². The minimum atomic E-state index is -3.10. The SMILES string of the molecule is COc1ccc(N(CC(=O)N(C)C2CCS(=O)(=O)C2)C(C)=O)c(OC)c1. The van der Waals surface area contributed by atoms with Crippen LogP contribution in [0.25, 0.3) is 0 Å². The number of anilines is 1. The van der Waals surface area contributed by atoms with Gasteiger partial charge in [0, 0.05) is 26.1 Å². The molecular weight excluding hydrogens is 360 g/mol. The van der Waals surface area contributed by atoms with Crippen molar-refractivity contribution in [3.05, 3.63) is 18.2 Å². The van der Waals surface area contributed by atoms with E-state index in [1.807, 2.05) is 0 Å². The van der Waals surface area contributed by atoms with Gasteiger partial charge < -0.3 is 14.4 Å². The summed E-state index contributed by atoms with van der Waals surface area (Å²) in [5.74, 6) is 0.348. The summed E-state index contributed by atoms with van der Waals surface area (Å²) in [7, 11) is 1.45. The Morgan fingerprint density at radius 3 is 2.42 bits per heavy atom. The van der Waals surface area contributed by atoms with E-state index in [-0.39, 0.29) is 35.9 Å². The first kappa shape index (κ1) is 20.0. The molecule has 1 aromatic carbocycles. The van der Waals surface area contributed by atoms with Crippen molar-refractivity contribution in [3.63, 3.8) is 0 Å². The first-order valence-corrected chi connectivity index (χ1v) is 9.97. The maximum absolute atomic E-state index is 12.6. The molecule has 0 aliphatic carbocycles. The number of benzene rings is 1. The smallest absolute Gasteiger partial charge is 0.242 e. The highest BCUT2D eigenvalue weighted by atomic mass is 32.2. The van der Waals surface area contributed by atoms with Crippen LogP contribution >= 0.6 is 0 Å². The lowest BCUT2D eigenvalue weighted by atomic mass is 10.2. The van der Waals surface area contributed by atoms with Gasteiger partial charge in [0.25, 0.3) is 0 Å². The first-order chi connectivity index (χ1) is 12.2. The Morgan fingerprint density at radius 1 is 1.23 bits per heavy atom. The van der Waals surface area contributed by atoms with Gasteiger partial charge in [-0.1, -0.05) is 0 Å². The number of amides is 2. The lowest BCUT2D eigenvalue weighted by molar-refractivity contribution is -0.131. The third-order valence-corrected chi connectivity index (χ3v) is 6.25. The minimum Gasteiger partial charge on any atom is -0.497 e. The van der Waals surface area contributed by atoms with Gasteiger partial charge in [-0.15, -0.1) is 0 Å². The molecule has 144 valence electrons. The van der Waals surface area contributed by atoms with E-state index >= 15 is 0 Å². The summed E-state index contributed by atoms with van der Waals surface area (Å²) in [5, 5.41) is 0. The summed E-state index contributed by atoms with van der Waals surface area (Å²) >= 11 is 0. The molecule has 2 rings (SSSR count). The Morgan fingerprint density at radius 2 is 1.92 bits per heavy atom. The molecule has 1 aromatic rings. The number of methoxy groups -OCH3 is 2. The Bertz CT molecular complexity index is 792. The topological polar surface area (TPSA) is 93.2 Å². The van der Waals surface area contributed by atoms with Gasteiger partial charge in [-0.2, -0.15) is 0 Å². The van der Waals surface area contributed by atoms with Crippen molar-refractivity contribution in [1.82, 2.24) is 4.90 Å². The molecule has 1 aliphatic heterocycles. The molecule has 0 bridgehead atoms. The van der Waals surface area contributed by atoms with Gasteiger partial charge in [-0.25, -0.2) is 8.42 Å². The third-order valence-electron chi connectivity index (χ3n) is 4.50. The molecule has 0 spiro atoms. The lowest BCUT2D eigenvalue weighted by Gasteiger charge is -2.28. The average Bonchev–Trinajstić information content (AvgIpc) is 2.97. The summed E-state index contributed by atoms with van der Waals surface area (Å²) in [6.07, 6.45) is 0.413. The van der Waals surface area contributed by atoms with Crippen molar-refractivity contribution in [2.75, 3.05) is 44.2 Å². The first-order valence-electron chi connectivity index (χ1n) is 8.14. The Kier molecular flexibility index (Phi) is 6.12. The van der Waals surface area contributed by atoms with Crippen LogP contribution < -0.4 is 14.4 Å². The van der Waals surface area contributed by atoms with Gasteiger partial charge >= 0.3 is 0 Å². The number of sulfone groups is 1. The van der Waals surface area contributed by atoms with Crippen LogP contribution in [0.15, 0.2) is 18.2 Å². The minimum absolute atomic E-state index is 0.0405. The van der Waals surface area contributed by atoms with E-state index < -0.39 is 9.84 Å². The molecule has 1 atom stereocenters. The Balaban J connectivity index is 2.21. The van der Waals surface area contributed by atoms with Crippen LogP contribution in [0.3, 0.4) is 0 Å². The highest BCUT2D eigenvalue weighted by Crippen LogP contribution is 2.32. The molecular formula is C17H24N2O6S. The zero-order chi connectivity index (χ0) is 19.5. The molecule has 9 heteroatoms. The molecule has 8 nitrogen and oxygen atoms in total. The number of hydrogen-bond donors (Lipinski definition) is 0. The van der Waals surface area contributed by atoms with Crippen LogP contribution in [0.5, 0.6) is 11.5 Å². The van der Waals surface area contributed by atoms with Gasteiger partial charge in [-0.05, 0) is 18.6 Å². The number of carbonyl (C=O) groups excluding carboxylic acids is 2. The Labute approximate surface area is 153 Å². The van der Waals surface area contributed by atoms with Gasteiger partial charge in [0.2, 0.25) is 11.8 Å². The quantitative estimate of drug-likeness (QED) is 0.717. The predicted octanol–water partition coefficient (Wildman–Crippen LogP) is 0.702. The number of nitrogens with zero attached hydrogens (tertiary/aromatic N) is 2. The molecule has 1 heterocycles. The van der Waals surface area contributed by atoms with E-state index in [0.29, 0.717) is 23.6 Å². The molecule has 1 fully saturated rings. The maximum atomic E-state index is 12.6. The van der Waals surface area contributed by atoms with Crippen molar-refractivity contribution in [3.8, 4) is 11.5 Å². The van der Waals surface area contributed by atoms with Gasteiger partial charge in [0.1, 0.15) is 18.0 Å². The van der Waals surface area contributed by atoms with Crippen molar-refractivity contribution in [1.29, 1.82) is 0 Å². The molecule has 1 unspecified atom stereocenters. The van der Waals surface area contributed by atoms with Crippen LogP contribution in [0.4, 0.5) is 5.69 Å². The van der Waals surface area contributed by atoms with E-state index in [1.54, 1.807) is 25.2 Å². The number of hydrogen-bond acceptors (Lipinski definition) is 6. The van der Waals surface area contributed by atoms with Crippen molar-refractivity contribution in [2.24, 2.45) is 0 Å². The predicted molar refractivity (Wildman–Crippen MR) is 97.4 cm³/mol. The zero-order valence-corrected chi connectivity index (χ0v) is 16.2. The maximum Gasteiger partial charge on any atom is 0.242 e. The molecule has 0 saturated carbocycles. The van der Waals surface area contributed by atoms with E-state index in [0.717, 1.165) is 0 Å². The van der Waals surface area contributed by atoms with Gasteiger partial charge in [0.15, 0.2) is 9.84 Å². The van der Waals surface area contributed by atoms with Crippen LogP contribution in [0, 0.1) is 0 Å². The van der Waals surface area contributed by atoms with E-state index in [9.17, 15) is 18.0 Å². The zero-order valence-electron chi connectivity index (χ0n) is 15.4. The molecule has 0 aromatic heterocycles. The second-order valence-electron chi connectivity index (χ2n) is 6.20. The highest BCUT2D eigenvalue weighted by molar-refractivity contribution is 7.91. The summed E-state index contributed by atoms with van der Waals surface area (Å²) in [6, 6.07) is 4.58. The van der Waals surface area contributed by atoms with Crippen LogP contribution in [-0.4, -0.2) is 70.5 Å². The normalized spacial score (nSPS) is 18.2. The largest absolute Gasteiger partial charge is 0.497 e. The summed E-state index contributed by atoms with van der Waals surface area (Å²) in [4.78, 5) is 27.5.